The Kier molecular flexibility index (Phi) is 9.55. The first kappa shape index (κ1) is 23.0. The maximum atomic E-state index is 2.60. The van der Waals surface area contributed by atoms with Gasteiger partial charge in [0.1, 0.15) is 0 Å². The summed E-state index contributed by atoms with van der Waals surface area (Å²) in [7, 11) is 0. The third kappa shape index (κ3) is 6.00. The van der Waals surface area contributed by atoms with Gasteiger partial charge >= 0.3 is 0 Å². The highest BCUT2D eigenvalue weighted by atomic mass is 14.5. The third-order valence-electron chi connectivity index (χ3n) is 8.19. The van der Waals surface area contributed by atoms with Crippen molar-refractivity contribution in [2.75, 3.05) is 0 Å². The van der Waals surface area contributed by atoms with Gasteiger partial charge in [-0.2, -0.15) is 0 Å². The van der Waals surface area contributed by atoms with Crippen molar-refractivity contribution in [3.05, 3.63) is 0 Å². The molecule has 0 N–H and O–H groups in total. The molecular formula is C25H50. The minimum absolute atomic E-state index is 0.829. The van der Waals surface area contributed by atoms with Crippen LogP contribution < -0.4 is 0 Å². The van der Waals surface area contributed by atoms with Crippen LogP contribution in [0.15, 0.2) is 0 Å². The molecule has 1 aliphatic rings. The van der Waals surface area contributed by atoms with Crippen molar-refractivity contribution in [2.24, 2.45) is 59.2 Å². The van der Waals surface area contributed by atoms with Crippen molar-refractivity contribution in [3.63, 3.8) is 0 Å². The molecule has 0 heterocycles. The molecule has 0 aliphatic heterocycles. The summed E-state index contributed by atoms with van der Waals surface area (Å²) in [5.74, 6) is 8.88. The van der Waals surface area contributed by atoms with Crippen LogP contribution in [0.25, 0.3) is 0 Å². The molecule has 0 aromatic carbocycles. The second-order valence-corrected chi connectivity index (χ2v) is 10.6. The molecule has 150 valence electrons. The lowest BCUT2D eigenvalue weighted by Crippen LogP contribution is -2.31. The SMILES string of the molecule is CCC(CC(C)C1CC(C)C(CC)C(C)C(C)C1CC(C)C)C(C)C. The highest BCUT2D eigenvalue weighted by Gasteiger charge is 2.41. The third-order valence-corrected chi connectivity index (χ3v) is 8.19. The molecule has 1 aliphatic carbocycles. The largest absolute Gasteiger partial charge is 0.0651 e. The average molecular weight is 351 g/mol. The normalized spacial score (nSPS) is 36.5. The Hall–Kier alpha value is 0. The summed E-state index contributed by atoms with van der Waals surface area (Å²) in [6.07, 6.45) is 7.06. The van der Waals surface area contributed by atoms with Crippen molar-refractivity contribution < 1.29 is 0 Å². The second kappa shape index (κ2) is 10.4. The van der Waals surface area contributed by atoms with Crippen LogP contribution in [-0.4, -0.2) is 0 Å². The summed E-state index contributed by atoms with van der Waals surface area (Å²) in [6.45, 7) is 24.9. The minimum Gasteiger partial charge on any atom is -0.0651 e. The van der Waals surface area contributed by atoms with Gasteiger partial charge in [-0.25, -0.2) is 0 Å². The van der Waals surface area contributed by atoms with Gasteiger partial charge in [0.25, 0.3) is 0 Å². The molecule has 0 aromatic rings. The van der Waals surface area contributed by atoms with Gasteiger partial charge in [-0.05, 0) is 78.4 Å². The van der Waals surface area contributed by atoms with Crippen LogP contribution in [0, 0.1) is 59.2 Å². The molecule has 0 radical (unpaired) electrons. The van der Waals surface area contributed by atoms with E-state index in [0.29, 0.717) is 0 Å². The summed E-state index contributed by atoms with van der Waals surface area (Å²) >= 11 is 0. The summed E-state index contributed by atoms with van der Waals surface area (Å²) in [6, 6.07) is 0. The molecule has 25 heavy (non-hydrogen) atoms. The molecule has 0 amide bonds. The Morgan fingerprint density at radius 1 is 0.840 bits per heavy atom. The van der Waals surface area contributed by atoms with Gasteiger partial charge in [-0.3, -0.25) is 0 Å². The molecule has 0 spiro atoms. The molecule has 1 rings (SSSR count). The predicted molar refractivity (Wildman–Crippen MR) is 115 cm³/mol. The first-order valence-corrected chi connectivity index (χ1v) is 11.6. The summed E-state index contributed by atoms with van der Waals surface area (Å²) in [5, 5.41) is 0. The van der Waals surface area contributed by atoms with E-state index in [-0.39, 0.29) is 0 Å². The van der Waals surface area contributed by atoms with E-state index in [0.717, 1.165) is 59.2 Å². The topological polar surface area (TPSA) is 0 Å². The van der Waals surface area contributed by atoms with Crippen LogP contribution in [0.3, 0.4) is 0 Å². The fourth-order valence-corrected chi connectivity index (χ4v) is 6.39. The standard InChI is InChI=1S/C25H50/c1-11-22(17(5)6)14-18(7)24-15-19(8)23(12-2)20(9)21(10)25(24)13-16(3)4/h16-25H,11-15H2,1-10H3. The fourth-order valence-electron chi connectivity index (χ4n) is 6.39. The van der Waals surface area contributed by atoms with E-state index in [4.69, 9.17) is 0 Å². The molecule has 1 saturated carbocycles. The molecule has 8 unspecified atom stereocenters. The lowest BCUT2D eigenvalue weighted by Gasteiger charge is -2.38. The first-order chi connectivity index (χ1) is 11.6. The van der Waals surface area contributed by atoms with Gasteiger partial charge in [0, 0.05) is 0 Å². The van der Waals surface area contributed by atoms with E-state index in [1.165, 1.54) is 32.1 Å². The van der Waals surface area contributed by atoms with Crippen LogP contribution in [0.2, 0.25) is 0 Å². The molecule has 0 aromatic heterocycles. The van der Waals surface area contributed by atoms with Gasteiger partial charge in [-0.1, -0.05) is 82.1 Å². The van der Waals surface area contributed by atoms with Gasteiger partial charge < -0.3 is 0 Å². The molecular weight excluding hydrogens is 300 g/mol. The molecule has 0 heteroatoms. The molecule has 0 bridgehead atoms. The van der Waals surface area contributed by atoms with Gasteiger partial charge in [-0.15, -0.1) is 0 Å². The number of hydrogen-bond donors (Lipinski definition) is 0. The van der Waals surface area contributed by atoms with E-state index in [9.17, 15) is 0 Å². The van der Waals surface area contributed by atoms with Gasteiger partial charge in [0.15, 0.2) is 0 Å². The predicted octanol–water partition coefficient (Wildman–Crippen LogP) is 8.31. The van der Waals surface area contributed by atoms with Gasteiger partial charge in [0.05, 0.1) is 0 Å². The van der Waals surface area contributed by atoms with Crippen molar-refractivity contribution >= 4 is 0 Å². The van der Waals surface area contributed by atoms with Crippen LogP contribution >= 0.6 is 0 Å². The van der Waals surface area contributed by atoms with Crippen LogP contribution in [0.4, 0.5) is 0 Å². The number of rotatable bonds is 8. The Labute approximate surface area is 160 Å². The zero-order valence-electron chi connectivity index (χ0n) is 19.3. The molecule has 1 fully saturated rings. The lowest BCUT2D eigenvalue weighted by molar-refractivity contribution is 0.107. The van der Waals surface area contributed by atoms with E-state index < -0.39 is 0 Å². The summed E-state index contributed by atoms with van der Waals surface area (Å²) in [4.78, 5) is 0. The Morgan fingerprint density at radius 2 is 1.40 bits per heavy atom. The highest BCUT2D eigenvalue weighted by Crippen LogP contribution is 2.49. The maximum Gasteiger partial charge on any atom is -0.0352 e. The average Bonchev–Trinajstić information content (AvgIpc) is 2.62. The van der Waals surface area contributed by atoms with E-state index in [1.807, 2.05) is 0 Å². The van der Waals surface area contributed by atoms with Crippen LogP contribution in [0.5, 0.6) is 0 Å². The molecule has 8 atom stereocenters. The second-order valence-electron chi connectivity index (χ2n) is 10.6. The van der Waals surface area contributed by atoms with E-state index in [1.54, 1.807) is 0 Å². The number of hydrogen-bond acceptors (Lipinski definition) is 0. The quantitative estimate of drug-likeness (QED) is 0.386. The smallest absolute Gasteiger partial charge is 0.0352 e. The van der Waals surface area contributed by atoms with Crippen molar-refractivity contribution in [2.45, 2.75) is 101 Å². The van der Waals surface area contributed by atoms with Crippen molar-refractivity contribution in [3.8, 4) is 0 Å². The molecule has 0 saturated heterocycles. The summed E-state index contributed by atoms with van der Waals surface area (Å²) in [5.41, 5.74) is 0. The summed E-state index contributed by atoms with van der Waals surface area (Å²) < 4.78 is 0. The molecule has 0 nitrogen and oxygen atoms in total. The maximum absolute atomic E-state index is 2.60. The van der Waals surface area contributed by atoms with Crippen molar-refractivity contribution in [1.29, 1.82) is 0 Å². The Balaban J connectivity index is 3.07. The Bertz CT molecular complexity index is 355. The zero-order chi connectivity index (χ0) is 19.3. The highest BCUT2D eigenvalue weighted by molar-refractivity contribution is 4.91. The van der Waals surface area contributed by atoms with Crippen molar-refractivity contribution in [1.82, 2.24) is 0 Å². The van der Waals surface area contributed by atoms with E-state index in [2.05, 4.69) is 69.2 Å². The van der Waals surface area contributed by atoms with Crippen LogP contribution in [0.1, 0.15) is 101 Å². The monoisotopic (exact) mass is 350 g/mol. The first-order valence-electron chi connectivity index (χ1n) is 11.6. The minimum atomic E-state index is 0.829. The lowest BCUT2D eigenvalue weighted by atomic mass is 9.67. The Morgan fingerprint density at radius 3 is 1.84 bits per heavy atom. The van der Waals surface area contributed by atoms with Gasteiger partial charge in [0.2, 0.25) is 0 Å². The fraction of sp³-hybridized carbons (Fsp3) is 1.00. The zero-order valence-corrected chi connectivity index (χ0v) is 19.3. The van der Waals surface area contributed by atoms with E-state index >= 15 is 0 Å². The van der Waals surface area contributed by atoms with Crippen LogP contribution in [-0.2, 0) is 0 Å².